The minimum absolute atomic E-state index is 0.0171. The molecule has 36 heavy (non-hydrogen) atoms. The van der Waals surface area contributed by atoms with Crippen molar-refractivity contribution in [3.05, 3.63) is 47.8 Å². The van der Waals surface area contributed by atoms with Crippen LogP contribution in [0.4, 0.5) is 10.6 Å². The predicted octanol–water partition coefficient (Wildman–Crippen LogP) is 6.71. The Balaban J connectivity index is 1.79. The van der Waals surface area contributed by atoms with Gasteiger partial charge < -0.3 is 15.0 Å². The molecule has 0 radical (unpaired) electrons. The number of amides is 1. The summed E-state index contributed by atoms with van der Waals surface area (Å²) in [6, 6.07) is 12.1. The zero-order chi connectivity index (χ0) is 26.7. The van der Waals surface area contributed by atoms with E-state index >= 15 is 0 Å². The molecular weight excluding hydrogens is 470 g/mol. The Labute approximate surface area is 221 Å². The van der Waals surface area contributed by atoms with Gasteiger partial charge in [-0.2, -0.15) is 0 Å². The number of nitrogens with one attached hydrogen (secondary N) is 1. The van der Waals surface area contributed by atoms with Crippen molar-refractivity contribution in [2.75, 3.05) is 11.9 Å². The normalized spacial score (nSPS) is 18.7. The van der Waals surface area contributed by atoms with E-state index in [4.69, 9.17) is 14.9 Å². The van der Waals surface area contributed by atoms with E-state index in [1.807, 2.05) is 43.9 Å². The molecule has 1 fully saturated rings. The first-order chi connectivity index (χ1) is 16.7. The van der Waals surface area contributed by atoms with Gasteiger partial charge in [0.1, 0.15) is 16.4 Å². The fourth-order valence-electron chi connectivity index (χ4n) is 4.72. The SMILES string of the molecule is CC(C)(C)OC(=O)N1CC(CCC(Nc2cccc(SN)n2)c2cccc(C(C)(C)C)n2)CC1(C)C. The molecule has 1 aliphatic heterocycles. The molecule has 3 rings (SSSR count). The minimum atomic E-state index is -0.507. The Bertz CT molecular complexity index is 1040. The number of carbonyl (C=O) groups excluding carboxylic acids is 1. The monoisotopic (exact) mass is 513 g/mol. The molecule has 3 N–H and O–H groups in total. The van der Waals surface area contributed by atoms with Gasteiger partial charge in [-0.3, -0.25) is 10.1 Å². The lowest BCUT2D eigenvalue weighted by Gasteiger charge is -2.33. The third-order valence-corrected chi connectivity index (χ3v) is 6.97. The molecular formula is C28H43N5O2S. The topological polar surface area (TPSA) is 93.4 Å². The predicted molar refractivity (Wildman–Crippen MR) is 148 cm³/mol. The number of nitrogens with zero attached hydrogens (tertiary/aromatic N) is 3. The largest absolute Gasteiger partial charge is 0.444 e. The molecule has 0 aromatic carbocycles. The molecule has 2 aromatic heterocycles. The standard InChI is InChI=1S/C28H43N5O2S/c1-26(2,3)22-12-9-11-20(30-22)21(31-23-13-10-14-24(32-23)36-29)16-15-19-17-28(7,8)33(18-19)25(34)35-27(4,5)6/h9-14,19,21H,15-18,29H2,1-8H3,(H,31,32). The molecule has 1 saturated heterocycles. The number of rotatable bonds is 7. The second-order valence-electron chi connectivity index (χ2n) is 12.4. The van der Waals surface area contributed by atoms with E-state index in [1.54, 1.807) is 0 Å². The first-order valence-corrected chi connectivity index (χ1v) is 13.6. The van der Waals surface area contributed by atoms with E-state index in [2.05, 4.69) is 63.1 Å². The Morgan fingerprint density at radius 1 is 1.17 bits per heavy atom. The van der Waals surface area contributed by atoms with Crippen molar-refractivity contribution in [2.45, 2.75) is 102 Å². The molecule has 2 unspecified atom stereocenters. The zero-order valence-electron chi connectivity index (χ0n) is 23.1. The highest BCUT2D eigenvalue weighted by Crippen LogP contribution is 2.38. The number of pyridine rings is 2. The van der Waals surface area contributed by atoms with E-state index in [9.17, 15) is 4.79 Å². The summed E-state index contributed by atoms with van der Waals surface area (Å²) in [6.07, 6.45) is 2.52. The Hall–Kier alpha value is -2.32. The first-order valence-electron chi connectivity index (χ1n) is 12.8. The number of hydrogen-bond donors (Lipinski definition) is 2. The molecule has 2 atom stereocenters. The minimum Gasteiger partial charge on any atom is -0.444 e. The zero-order valence-corrected chi connectivity index (χ0v) is 23.9. The lowest BCUT2D eigenvalue weighted by molar-refractivity contribution is 0.0131. The molecule has 2 aromatic rings. The van der Waals surface area contributed by atoms with Gasteiger partial charge in [0, 0.05) is 23.2 Å². The molecule has 3 heterocycles. The van der Waals surface area contributed by atoms with Gasteiger partial charge in [-0.1, -0.05) is 32.9 Å². The highest BCUT2D eigenvalue weighted by atomic mass is 32.2. The van der Waals surface area contributed by atoms with Crippen LogP contribution in [0.15, 0.2) is 41.4 Å². The molecule has 198 valence electrons. The van der Waals surface area contributed by atoms with Gasteiger partial charge in [-0.15, -0.1) is 0 Å². The number of nitrogens with two attached hydrogens (primary N) is 1. The highest BCUT2D eigenvalue weighted by Gasteiger charge is 2.42. The highest BCUT2D eigenvalue weighted by molar-refractivity contribution is 7.97. The summed E-state index contributed by atoms with van der Waals surface area (Å²) in [5.41, 5.74) is 1.26. The maximum Gasteiger partial charge on any atom is 0.410 e. The molecule has 7 nitrogen and oxygen atoms in total. The van der Waals surface area contributed by atoms with E-state index in [1.165, 1.54) is 0 Å². The van der Waals surface area contributed by atoms with Crippen LogP contribution in [0.1, 0.15) is 92.1 Å². The maximum absolute atomic E-state index is 12.9. The van der Waals surface area contributed by atoms with Crippen molar-refractivity contribution in [3.63, 3.8) is 0 Å². The third kappa shape index (κ3) is 7.59. The Kier molecular flexibility index (Phi) is 8.61. The number of likely N-dealkylation sites (tertiary alicyclic amines) is 1. The Morgan fingerprint density at radius 2 is 1.86 bits per heavy atom. The summed E-state index contributed by atoms with van der Waals surface area (Å²) < 4.78 is 5.69. The van der Waals surface area contributed by atoms with Crippen LogP contribution >= 0.6 is 11.9 Å². The molecule has 1 amide bonds. The summed E-state index contributed by atoms with van der Waals surface area (Å²) in [4.78, 5) is 24.4. The second kappa shape index (κ2) is 11.0. The number of hydrogen-bond acceptors (Lipinski definition) is 7. The van der Waals surface area contributed by atoms with Crippen LogP contribution in [0.25, 0.3) is 0 Å². The van der Waals surface area contributed by atoms with Crippen molar-refractivity contribution in [1.29, 1.82) is 0 Å². The average Bonchev–Trinajstić information content (AvgIpc) is 3.09. The van der Waals surface area contributed by atoms with Crippen LogP contribution in [0.3, 0.4) is 0 Å². The van der Waals surface area contributed by atoms with Crippen molar-refractivity contribution in [1.82, 2.24) is 14.9 Å². The van der Waals surface area contributed by atoms with Crippen molar-refractivity contribution < 1.29 is 9.53 Å². The number of carbonyl (C=O) groups is 1. The van der Waals surface area contributed by atoms with E-state index in [0.717, 1.165) is 53.4 Å². The third-order valence-electron chi connectivity index (χ3n) is 6.50. The van der Waals surface area contributed by atoms with Crippen LogP contribution in [-0.2, 0) is 10.2 Å². The van der Waals surface area contributed by atoms with E-state index in [0.29, 0.717) is 12.5 Å². The summed E-state index contributed by atoms with van der Waals surface area (Å²) in [5, 5.41) is 10.1. The van der Waals surface area contributed by atoms with Crippen molar-refractivity contribution >= 4 is 23.9 Å². The van der Waals surface area contributed by atoms with Gasteiger partial charge in [0.05, 0.1) is 11.7 Å². The number of aromatic nitrogens is 2. The fraction of sp³-hybridized carbons (Fsp3) is 0.607. The first kappa shape index (κ1) is 28.3. The van der Waals surface area contributed by atoms with Crippen LogP contribution < -0.4 is 10.5 Å². The van der Waals surface area contributed by atoms with Crippen LogP contribution in [0.5, 0.6) is 0 Å². The molecule has 0 saturated carbocycles. The van der Waals surface area contributed by atoms with Gasteiger partial charge in [0.2, 0.25) is 0 Å². The van der Waals surface area contributed by atoms with Crippen LogP contribution in [0.2, 0.25) is 0 Å². The van der Waals surface area contributed by atoms with Gasteiger partial charge >= 0.3 is 6.09 Å². The molecule has 1 aliphatic rings. The van der Waals surface area contributed by atoms with Crippen LogP contribution in [-0.4, -0.2) is 38.6 Å². The van der Waals surface area contributed by atoms with E-state index < -0.39 is 5.60 Å². The molecule has 0 aliphatic carbocycles. The van der Waals surface area contributed by atoms with Crippen molar-refractivity contribution in [3.8, 4) is 0 Å². The Morgan fingerprint density at radius 3 is 2.50 bits per heavy atom. The van der Waals surface area contributed by atoms with Crippen molar-refractivity contribution in [2.24, 2.45) is 11.1 Å². The fourth-order valence-corrected chi connectivity index (χ4v) is 5.03. The smallest absolute Gasteiger partial charge is 0.410 e. The molecule has 8 heteroatoms. The average molecular weight is 514 g/mol. The lowest BCUT2D eigenvalue weighted by atomic mass is 9.90. The van der Waals surface area contributed by atoms with Gasteiger partial charge in [0.25, 0.3) is 0 Å². The van der Waals surface area contributed by atoms with Crippen LogP contribution in [0, 0.1) is 5.92 Å². The summed E-state index contributed by atoms with van der Waals surface area (Å²) in [7, 11) is 0. The molecule has 0 bridgehead atoms. The summed E-state index contributed by atoms with van der Waals surface area (Å²) in [5.74, 6) is 1.15. The quantitative estimate of drug-likeness (QED) is 0.397. The second-order valence-corrected chi connectivity index (χ2v) is 13.1. The number of ether oxygens (including phenoxy) is 1. The van der Waals surface area contributed by atoms with Gasteiger partial charge in [0.15, 0.2) is 0 Å². The summed E-state index contributed by atoms with van der Waals surface area (Å²) in [6.45, 7) is 17.2. The lowest BCUT2D eigenvalue weighted by Crippen LogP contribution is -2.45. The van der Waals surface area contributed by atoms with E-state index in [-0.39, 0.29) is 23.1 Å². The number of anilines is 1. The summed E-state index contributed by atoms with van der Waals surface area (Å²) >= 11 is 1.14. The van der Waals surface area contributed by atoms with Gasteiger partial charge in [-0.05, 0) is 96.0 Å². The van der Waals surface area contributed by atoms with Gasteiger partial charge in [-0.25, -0.2) is 9.78 Å². The maximum atomic E-state index is 12.9. The molecule has 0 spiro atoms.